The summed E-state index contributed by atoms with van der Waals surface area (Å²) < 4.78 is 22.0. The van der Waals surface area contributed by atoms with Crippen LogP contribution in [0.4, 0.5) is 0 Å². The zero-order valence-corrected chi connectivity index (χ0v) is 14.1. The molecule has 130 valence electrons. The summed E-state index contributed by atoms with van der Waals surface area (Å²) in [5, 5.41) is 8.23. The SMILES string of the molecule is COCCOc1ccc(-c2nnc([C@H]3CN(C)C[C@@H](C)O3)o2)cn1. The standard InChI is InChI=1S/C16H22N4O4/c1-11-9-20(2)10-13(23-11)16-19-18-15(24-16)12-4-5-14(17-8-12)22-7-6-21-3/h4-5,8,11,13H,6-7,9-10H2,1-3H3/t11-,13-/m1/s1. The molecule has 1 saturated heterocycles. The Bertz CT molecular complexity index is 636. The van der Waals surface area contributed by atoms with Crippen LogP contribution in [0.1, 0.15) is 18.9 Å². The van der Waals surface area contributed by atoms with Crippen molar-refractivity contribution in [3.63, 3.8) is 0 Å². The Morgan fingerprint density at radius 2 is 2.12 bits per heavy atom. The zero-order chi connectivity index (χ0) is 16.9. The normalized spacial score (nSPS) is 21.8. The minimum atomic E-state index is -0.204. The molecule has 2 aromatic heterocycles. The number of pyridine rings is 1. The van der Waals surface area contributed by atoms with Gasteiger partial charge in [0.2, 0.25) is 17.7 Å². The molecule has 2 aromatic rings. The smallest absolute Gasteiger partial charge is 0.249 e. The Kier molecular flexibility index (Phi) is 5.39. The predicted octanol–water partition coefficient (Wildman–Crippen LogP) is 1.55. The highest BCUT2D eigenvalue weighted by Crippen LogP contribution is 2.26. The van der Waals surface area contributed by atoms with Gasteiger partial charge in [0.15, 0.2) is 0 Å². The molecule has 3 heterocycles. The molecule has 1 aliphatic heterocycles. The third-order valence-electron chi connectivity index (χ3n) is 3.68. The van der Waals surface area contributed by atoms with E-state index in [0.29, 0.717) is 30.9 Å². The van der Waals surface area contributed by atoms with Crippen LogP contribution in [0.3, 0.4) is 0 Å². The van der Waals surface area contributed by atoms with E-state index in [1.54, 1.807) is 19.4 Å². The van der Waals surface area contributed by atoms with E-state index in [-0.39, 0.29) is 12.2 Å². The third-order valence-corrected chi connectivity index (χ3v) is 3.68. The Labute approximate surface area is 140 Å². The molecule has 0 amide bonds. The lowest BCUT2D eigenvalue weighted by Crippen LogP contribution is -2.40. The minimum absolute atomic E-state index is 0.134. The Morgan fingerprint density at radius 3 is 2.83 bits per heavy atom. The first-order valence-corrected chi connectivity index (χ1v) is 7.91. The summed E-state index contributed by atoms with van der Waals surface area (Å²) in [4.78, 5) is 6.42. The number of hydrogen-bond donors (Lipinski definition) is 0. The predicted molar refractivity (Wildman–Crippen MR) is 85.7 cm³/mol. The second-order valence-corrected chi connectivity index (χ2v) is 5.83. The van der Waals surface area contributed by atoms with Gasteiger partial charge in [-0.25, -0.2) is 4.98 Å². The molecular formula is C16H22N4O4. The molecule has 0 radical (unpaired) electrons. The first-order valence-electron chi connectivity index (χ1n) is 7.91. The van der Waals surface area contributed by atoms with Gasteiger partial charge in [-0.05, 0) is 20.0 Å². The maximum absolute atomic E-state index is 5.88. The summed E-state index contributed by atoms with van der Waals surface area (Å²) in [6.45, 7) is 4.64. The molecule has 0 bridgehead atoms. The fourth-order valence-corrected chi connectivity index (χ4v) is 2.60. The number of likely N-dealkylation sites (N-methyl/N-ethyl adjacent to an activating group) is 1. The average Bonchev–Trinajstić information content (AvgIpc) is 3.05. The molecule has 8 nitrogen and oxygen atoms in total. The van der Waals surface area contributed by atoms with Crippen LogP contribution in [0.15, 0.2) is 22.7 Å². The van der Waals surface area contributed by atoms with E-state index in [4.69, 9.17) is 18.6 Å². The topological polar surface area (TPSA) is 82.7 Å². The van der Waals surface area contributed by atoms with Gasteiger partial charge in [0, 0.05) is 32.5 Å². The second kappa shape index (κ2) is 7.69. The molecule has 8 heteroatoms. The largest absolute Gasteiger partial charge is 0.475 e. The summed E-state index contributed by atoms with van der Waals surface area (Å²) in [7, 11) is 3.68. The number of ether oxygens (including phenoxy) is 3. The number of methoxy groups -OCH3 is 1. The van der Waals surface area contributed by atoms with E-state index in [9.17, 15) is 0 Å². The van der Waals surface area contributed by atoms with Gasteiger partial charge < -0.3 is 23.5 Å². The molecule has 0 unspecified atom stereocenters. The van der Waals surface area contributed by atoms with Crippen molar-refractivity contribution in [2.45, 2.75) is 19.1 Å². The summed E-state index contributed by atoms with van der Waals surface area (Å²) in [5.74, 6) is 1.44. The Hall–Kier alpha value is -2.03. The molecule has 0 aromatic carbocycles. The lowest BCUT2D eigenvalue weighted by Gasteiger charge is -2.32. The molecule has 1 aliphatic rings. The van der Waals surface area contributed by atoms with Crippen LogP contribution < -0.4 is 4.74 Å². The van der Waals surface area contributed by atoms with E-state index >= 15 is 0 Å². The summed E-state index contributed by atoms with van der Waals surface area (Å²) in [6, 6.07) is 3.60. The van der Waals surface area contributed by atoms with Gasteiger partial charge in [-0.15, -0.1) is 10.2 Å². The van der Waals surface area contributed by atoms with Gasteiger partial charge in [-0.1, -0.05) is 0 Å². The van der Waals surface area contributed by atoms with E-state index in [0.717, 1.165) is 18.7 Å². The molecule has 0 aliphatic carbocycles. The van der Waals surface area contributed by atoms with Crippen LogP contribution in [0.2, 0.25) is 0 Å². The van der Waals surface area contributed by atoms with Gasteiger partial charge in [0.25, 0.3) is 0 Å². The van der Waals surface area contributed by atoms with Crippen molar-refractivity contribution < 1.29 is 18.6 Å². The highest BCUT2D eigenvalue weighted by atomic mass is 16.5. The number of rotatable bonds is 6. The van der Waals surface area contributed by atoms with Gasteiger partial charge >= 0.3 is 0 Å². The molecule has 3 rings (SSSR count). The van der Waals surface area contributed by atoms with Crippen LogP contribution in [-0.4, -0.2) is 66.6 Å². The van der Waals surface area contributed by atoms with E-state index in [2.05, 4.69) is 27.1 Å². The van der Waals surface area contributed by atoms with Gasteiger partial charge in [0.05, 0.1) is 18.3 Å². The molecule has 24 heavy (non-hydrogen) atoms. The molecule has 2 atom stereocenters. The second-order valence-electron chi connectivity index (χ2n) is 5.83. The fraction of sp³-hybridized carbons (Fsp3) is 0.562. The molecular weight excluding hydrogens is 312 g/mol. The van der Waals surface area contributed by atoms with Crippen LogP contribution in [0, 0.1) is 0 Å². The van der Waals surface area contributed by atoms with Crippen LogP contribution in [0.25, 0.3) is 11.5 Å². The molecule has 0 N–H and O–H groups in total. The van der Waals surface area contributed by atoms with Gasteiger partial charge in [-0.2, -0.15) is 0 Å². The molecule has 0 saturated carbocycles. The van der Waals surface area contributed by atoms with Crippen molar-refractivity contribution in [2.75, 3.05) is 40.5 Å². The number of nitrogens with zero attached hydrogens (tertiary/aromatic N) is 4. The number of hydrogen-bond acceptors (Lipinski definition) is 8. The van der Waals surface area contributed by atoms with Crippen molar-refractivity contribution in [3.05, 3.63) is 24.2 Å². The molecule has 0 spiro atoms. The maximum Gasteiger partial charge on any atom is 0.249 e. The summed E-state index contributed by atoms with van der Waals surface area (Å²) >= 11 is 0. The summed E-state index contributed by atoms with van der Waals surface area (Å²) in [6.07, 6.45) is 1.58. The zero-order valence-electron chi connectivity index (χ0n) is 14.1. The lowest BCUT2D eigenvalue weighted by molar-refractivity contribution is -0.0821. The van der Waals surface area contributed by atoms with Crippen LogP contribution in [0.5, 0.6) is 5.88 Å². The van der Waals surface area contributed by atoms with E-state index < -0.39 is 0 Å². The highest BCUT2D eigenvalue weighted by Gasteiger charge is 2.28. The summed E-state index contributed by atoms with van der Waals surface area (Å²) in [5.41, 5.74) is 0.741. The van der Waals surface area contributed by atoms with Crippen LogP contribution >= 0.6 is 0 Å². The first kappa shape index (κ1) is 16.8. The first-order chi connectivity index (χ1) is 11.7. The van der Waals surface area contributed by atoms with Crippen molar-refractivity contribution in [2.24, 2.45) is 0 Å². The molecule has 1 fully saturated rings. The van der Waals surface area contributed by atoms with Crippen molar-refractivity contribution in [3.8, 4) is 17.3 Å². The van der Waals surface area contributed by atoms with Crippen molar-refractivity contribution >= 4 is 0 Å². The maximum atomic E-state index is 5.88. The number of morpholine rings is 1. The number of aromatic nitrogens is 3. The van der Waals surface area contributed by atoms with E-state index in [1.165, 1.54) is 0 Å². The monoisotopic (exact) mass is 334 g/mol. The van der Waals surface area contributed by atoms with Gasteiger partial charge in [0.1, 0.15) is 12.7 Å². The third kappa shape index (κ3) is 4.08. The van der Waals surface area contributed by atoms with Crippen molar-refractivity contribution in [1.29, 1.82) is 0 Å². The fourth-order valence-electron chi connectivity index (χ4n) is 2.60. The average molecular weight is 334 g/mol. The van der Waals surface area contributed by atoms with Gasteiger partial charge in [-0.3, -0.25) is 0 Å². The Morgan fingerprint density at radius 1 is 1.25 bits per heavy atom. The van der Waals surface area contributed by atoms with Crippen molar-refractivity contribution in [1.82, 2.24) is 20.1 Å². The lowest BCUT2D eigenvalue weighted by atomic mass is 10.2. The minimum Gasteiger partial charge on any atom is -0.475 e. The van der Waals surface area contributed by atoms with E-state index in [1.807, 2.05) is 13.0 Å². The highest BCUT2D eigenvalue weighted by molar-refractivity contribution is 5.51. The Balaban J connectivity index is 1.66. The van der Waals surface area contributed by atoms with Crippen LogP contribution in [-0.2, 0) is 9.47 Å². The quantitative estimate of drug-likeness (QED) is 0.736.